The van der Waals surface area contributed by atoms with Gasteiger partial charge < -0.3 is 5.32 Å². The summed E-state index contributed by atoms with van der Waals surface area (Å²) in [6.07, 6.45) is 4.15. The zero-order valence-corrected chi connectivity index (χ0v) is 12.8. The molecule has 0 aliphatic heterocycles. The predicted octanol–water partition coefficient (Wildman–Crippen LogP) is 4.18. The van der Waals surface area contributed by atoms with Gasteiger partial charge in [-0.05, 0) is 35.2 Å². The van der Waals surface area contributed by atoms with Crippen LogP contribution in [0.3, 0.4) is 0 Å². The predicted molar refractivity (Wildman–Crippen MR) is 76.3 cm³/mol. The van der Waals surface area contributed by atoms with Crippen LogP contribution < -0.4 is 5.32 Å². The third-order valence-corrected chi connectivity index (χ3v) is 3.89. The highest BCUT2D eigenvalue weighted by Crippen LogP contribution is 2.25. The van der Waals surface area contributed by atoms with E-state index in [1.54, 1.807) is 0 Å². The molecule has 96 valence electrons. The largest absolute Gasteiger partial charge is 0.365 e. The average molecular weight is 300 g/mol. The van der Waals surface area contributed by atoms with E-state index in [0.717, 1.165) is 41.9 Å². The maximum atomic E-state index is 4.53. The molecule has 17 heavy (non-hydrogen) atoms. The summed E-state index contributed by atoms with van der Waals surface area (Å²) in [7, 11) is 0. The van der Waals surface area contributed by atoms with Crippen molar-refractivity contribution in [2.24, 2.45) is 0 Å². The molecule has 0 aliphatic rings. The first-order chi connectivity index (χ1) is 8.09. The molecule has 1 rings (SSSR count). The zero-order valence-electron chi connectivity index (χ0n) is 11.2. The van der Waals surface area contributed by atoms with Gasteiger partial charge in [0.1, 0.15) is 16.2 Å². The van der Waals surface area contributed by atoms with Crippen LogP contribution in [-0.4, -0.2) is 15.5 Å². The molecular formula is C13H22BrN3. The molecule has 0 bridgehead atoms. The SMILES string of the molecule is CCc1nc(Br)cc(NC(CC)(CC)CC)n1. The monoisotopic (exact) mass is 299 g/mol. The summed E-state index contributed by atoms with van der Waals surface area (Å²) in [6, 6.07) is 1.95. The lowest BCUT2D eigenvalue weighted by Crippen LogP contribution is -2.36. The average Bonchev–Trinajstić information content (AvgIpc) is 2.35. The minimum atomic E-state index is 0.152. The number of rotatable bonds is 6. The van der Waals surface area contributed by atoms with Gasteiger partial charge in [0.05, 0.1) is 0 Å². The summed E-state index contributed by atoms with van der Waals surface area (Å²) >= 11 is 3.44. The minimum absolute atomic E-state index is 0.152. The van der Waals surface area contributed by atoms with Gasteiger partial charge in [-0.3, -0.25) is 0 Å². The highest BCUT2D eigenvalue weighted by atomic mass is 79.9. The number of nitrogens with zero attached hydrogens (tertiary/aromatic N) is 2. The Balaban J connectivity index is 2.96. The molecule has 0 saturated carbocycles. The van der Waals surface area contributed by atoms with Gasteiger partial charge in [0.25, 0.3) is 0 Å². The second-order valence-corrected chi connectivity index (χ2v) is 5.12. The van der Waals surface area contributed by atoms with Gasteiger partial charge in [-0.15, -0.1) is 0 Å². The van der Waals surface area contributed by atoms with Crippen molar-refractivity contribution >= 4 is 21.7 Å². The Kier molecular flexibility index (Phi) is 5.37. The van der Waals surface area contributed by atoms with E-state index >= 15 is 0 Å². The van der Waals surface area contributed by atoms with Crippen LogP contribution in [0.1, 0.15) is 52.8 Å². The minimum Gasteiger partial charge on any atom is -0.365 e. The fraction of sp³-hybridized carbons (Fsp3) is 0.692. The van der Waals surface area contributed by atoms with E-state index in [1.165, 1.54) is 0 Å². The van der Waals surface area contributed by atoms with E-state index in [-0.39, 0.29) is 5.54 Å². The van der Waals surface area contributed by atoms with E-state index in [9.17, 15) is 0 Å². The summed E-state index contributed by atoms with van der Waals surface area (Å²) in [5, 5.41) is 3.58. The number of aryl methyl sites for hydroxylation is 1. The molecule has 3 nitrogen and oxygen atoms in total. The topological polar surface area (TPSA) is 37.8 Å². The molecule has 1 aromatic heterocycles. The van der Waals surface area contributed by atoms with Crippen LogP contribution in [0.4, 0.5) is 5.82 Å². The maximum Gasteiger partial charge on any atom is 0.131 e. The molecule has 4 heteroatoms. The fourth-order valence-electron chi connectivity index (χ4n) is 1.97. The van der Waals surface area contributed by atoms with Crippen LogP contribution in [-0.2, 0) is 6.42 Å². The third-order valence-electron chi connectivity index (χ3n) is 3.48. The van der Waals surface area contributed by atoms with Gasteiger partial charge in [0.15, 0.2) is 0 Å². The third kappa shape index (κ3) is 3.66. The first-order valence-electron chi connectivity index (χ1n) is 6.40. The van der Waals surface area contributed by atoms with Crippen LogP contribution in [0.5, 0.6) is 0 Å². The van der Waals surface area contributed by atoms with E-state index < -0.39 is 0 Å². The molecule has 1 heterocycles. The summed E-state index contributed by atoms with van der Waals surface area (Å²) in [5.41, 5.74) is 0.152. The van der Waals surface area contributed by atoms with Crippen LogP contribution in [0.2, 0.25) is 0 Å². The van der Waals surface area contributed by atoms with Crippen LogP contribution in [0, 0.1) is 0 Å². The summed E-state index contributed by atoms with van der Waals surface area (Å²) in [4.78, 5) is 8.85. The molecular weight excluding hydrogens is 278 g/mol. The second kappa shape index (κ2) is 6.34. The number of halogens is 1. The molecule has 0 aromatic carbocycles. The van der Waals surface area contributed by atoms with Crippen molar-refractivity contribution in [3.63, 3.8) is 0 Å². The van der Waals surface area contributed by atoms with Gasteiger partial charge in [0, 0.05) is 18.0 Å². The number of anilines is 1. The lowest BCUT2D eigenvalue weighted by atomic mass is 9.90. The second-order valence-electron chi connectivity index (χ2n) is 4.31. The van der Waals surface area contributed by atoms with Gasteiger partial charge in [-0.25, -0.2) is 9.97 Å². The Morgan fingerprint density at radius 3 is 2.18 bits per heavy atom. The van der Waals surface area contributed by atoms with Crippen molar-refractivity contribution in [1.29, 1.82) is 0 Å². The van der Waals surface area contributed by atoms with Crippen LogP contribution >= 0.6 is 15.9 Å². The number of aromatic nitrogens is 2. The standard InChI is InChI=1S/C13H22BrN3/c1-5-11-15-10(14)9-12(16-11)17-13(6-2,7-3)8-4/h9H,5-8H2,1-4H3,(H,15,16,17). The molecule has 0 atom stereocenters. The molecule has 0 amide bonds. The highest BCUT2D eigenvalue weighted by Gasteiger charge is 2.24. The van der Waals surface area contributed by atoms with Crippen LogP contribution in [0.15, 0.2) is 10.7 Å². The smallest absolute Gasteiger partial charge is 0.131 e. The fourth-order valence-corrected chi connectivity index (χ4v) is 2.40. The Labute approximate surface area is 113 Å². The highest BCUT2D eigenvalue weighted by molar-refractivity contribution is 9.10. The van der Waals surface area contributed by atoms with E-state index in [0.29, 0.717) is 0 Å². The van der Waals surface area contributed by atoms with Gasteiger partial charge in [-0.2, -0.15) is 0 Å². The maximum absolute atomic E-state index is 4.53. The summed E-state index contributed by atoms with van der Waals surface area (Å²) < 4.78 is 0.851. The lowest BCUT2D eigenvalue weighted by molar-refractivity contribution is 0.418. The molecule has 0 spiro atoms. The van der Waals surface area contributed by atoms with Gasteiger partial charge in [-0.1, -0.05) is 27.7 Å². The molecule has 1 aromatic rings. The Morgan fingerprint density at radius 1 is 1.12 bits per heavy atom. The molecule has 0 fully saturated rings. The number of nitrogens with one attached hydrogen (secondary N) is 1. The first kappa shape index (κ1) is 14.4. The normalized spacial score (nSPS) is 11.6. The van der Waals surface area contributed by atoms with Gasteiger partial charge in [0.2, 0.25) is 0 Å². The van der Waals surface area contributed by atoms with E-state index in [2.05, 4.69) is 58.9 Å². The molecule has 1 N–H and O–H groups in total. The molecule has 0 unspecified atom stereocenters. The van der Waals surface area contributed by atoms with Crippen molar-refractivity contribution in [2.45, 2.75) is 58.9 Å². The zero-order chi connectivity index (χ0) is 12.9. The van der Waals surface area contributed by atoms with Crippen LogP contribution in [0.25, 0.3) is 0 Å². The Bertz CT molecular complexity index is 353. The van der Waals surface area contributed by atoms with Crippen molar-refractivity contribution in [2.75, 3.05) is 5.32 Å². The summed E-state index contributed by atoms with van der Waals surface area (Å²) in [6.45, 7) is 8.73. The Hall–Kier alpha value is -0.640. The number of hydrogen-bond acceptors (Lipinski definition) is 3. The Morgan fingerprint density at radius 2 is 1.71 bits per heavy atom. The molecule has 0 saturated heterocycles. The van der Waals surface area contributed by atoms with Crippen molar-refractivity contribution in [3.8, 4) is 0 Å². The number of hydrogen-bond donors (Lipinski definition) is 1. The van der Waals surface area contributed by atoms with Crippen molar-refractivity contribution < 1.29 is 0 Å². The lowest BCUT2D eigenvalue weighted by Gasteiger charge is -2.32. The van der Waals surface area contributed by atoms with E-state index in [4.69, 9.17) is 0 Å². The first-order valence-corrected chi connectivity index (χ1v) is 7.20. The molecule has 0 aliphatic carbocycles. The van der Waals surface area contributed by atoms with Gasteiger partial charge >= 0.3 is 0 Å². The summed E-state index contributed by atoms with van der Waals surface area (Å²) in [5.74, 6) is 1.80. The van der Waals surface area contributed by atoms with Crippen molar-refractivity contribution in [3.05, 3.63) is 16.5 Å². The van der Waals surface area contributed by atoms with E-state index in [1.807, 2.05) is 6.07 Å². The quantitative estimate of drug-likeness (QED) is 0.801. The van der Waals surface area contributed by atoms with Crippen molar-refractivity contribution in [1.82, 2.24) is 9.97 Å². The molecule has 0 radical (unpaired) electrons.